The van der Waals surface area contributed by atoms with Crippen molar-refractivity contribution in [1.82, 2.24) is 5.32 Å². The number of phosphoric acid groups is 1. The number of phosphoric ester groups is 1. The van der Waals surface area contributed by atoms with E-state index in [2.05, 4.69) is 43.5 Å². The molecule has 294 valence electrons. The summed E-state index contributed by atoms with van der Waals surface area (Å²) in [6.07, 6.45) is 37.1. The van der Waals surface area contributed by atoms with Gasteiger partial charge in [-0.05, 0) is 51.0 Å². The third-order valence-corrected chi connectivity index (χ3v) is 9.19. The van der Waals surface area contributed by atoms with Crippen molar-refractivity contribution in [3.8, 4) is 0 Å². The number of hydrogen-bond acceptors (Lipinski definition) is 6. The standard InChI is InChI=1S/C41H73N2O7P/c1-6-8-10-12-14-16-18-19-21-22-24-26-28-31-38(44)32-30-34-41(46)42-39(37-50-51(47,48)49-36-35-43(3,4)5)40(45)33-29-27-25-23-20-17-15-13-11-9-7-2/h14,16,19,21,24,26,28-29,31,33,39-40,45H,6-13,15,17-18,20,22-23,25,27,30,32,34-37H2,1-5H3,(H-,42,46,47,48)/p+1/b16-14-,21-19-,26-24-,31-28+,33-29+/t39-,40+/m0/s1. The zero-order valence-corrected chi connectivity index (χ0v) is 33.7. The Hall–Kier alpha value is -2.13. The maximum atomic E-state index is 12.8. The first-order chi connectivity index (χ1) is 24.4. The van der Waals surface area contributed by atoms with E-state index in [1.807, 2.05) is 39.4 Å². The highest BCUT2D eigenvalue weighted by atomic mass is 31.2. The van der Waals surface area contributed by atoms with Crippen LogP contribution in [0.15, 0.2) is 60.8 Å². The molecule has 0 fully saturated rings. The van der Waals surface area contributed by atoms with E-state index in [4.69, 9.17) is 9.05 Å². The molecule has 1 unspecified atom stereocenters. The lowest BCUT2D eigenvalue weighted by Gasteiger charge is -2.25. The van der Waals surface area contributed by atoms with Crippen LogP contribution in [0.1, 0.15) is 136 Å². The number of quaternary nitrogens is 1. The molecule has 9 nitrogen and oxygen atoms in total. The molecule has 51 heavy (non-hydrogen) atoms. The number of ketones is 1. The first-order valence-corrected chi connectivity index (χ1v) is 21.1. The van der Waals surface area contributed by atoms with E-state index in [0.717, 1.165) is 38.5 Å². The molecule has 0 heterocycles. The summed E-state index contributed by atoms with van der Waals surface area (Å²) in [5.41, 5.74) is 0. The fraction of sp³-hybridized carbons (Fsp3) is 0.707. The number of carbonyl (C=O) groups is 2. The number of allylic oxidation sites excluding steroid dienone is 9. The Balaban J connectivity index is 4.75. The molecular weight excluding hydrogens is 663 g/mol. The summed E-state index contributed by atoms with van der Waals surface area (Å²) >= 11 is 0. The molecule has 0 aromatic carbocycles. The van der Waals surface area contributed by atoms with Crippen LogP contribution < -0.4 is 5.32 Å². The second-order valence-corrected chi connectivity index (χ2v) is 15.8. The number of hydrogen-bond donors (Lipinski definition) is 3. The van der Waals surface area contributed by atoms with E-state index in [1.165, 1.54) is 70.3 Å². The van der Waals surface area contributed by atoms with Gasteiger partial charge in [0.1, 0.15) is 13.2 Å². The molecule has 0 aliphatic carbocycles. The van der Waals surface area contributed by atoms with Gasteiger partial charge < -0.3 is 19.8 Å². The SMILES string of the molecule is CCCCC/C=C\C/C=C\C/C=C\C=C\C(=O)CCCC(=O)N[C@@H](COP(=O)(O)OCC[N+](C)(C)C)[C@H](O)/C=C/CCCCCCCCCCC. The molecule has 0 bridgehead atoms. The summed E-state index contributed by atoms with van der Waals surface area (Å²) in [7, 11) is 1.41. The van der Waals surface area contributed by atoms with E-state index in [1.54, 1.807) is 12.2 Å². The summed E-state index contributed by atoms with van der Waals surface area (Å²) < 4.78 is 23.3. The molecule has 3 N–H and O–H groups in total. The molecule has 0 aromatic rings. The number of unbranched alkanes of at least 4 members (excludes halogenated alkanes) is 12. The van der Waals surface area contributed by atoms with Gasteiger partial charge in [-0.25, -0.2) is 4.57 Å². The minimum absolute atomic E-state index is 0.0158. The smallest absolute Gasteiger partial charge is 0.387 e. The minimum atomic E-state index is -4.40. The zero-order valence-electron chi connectivity index (χ0n) is 32.8. The van der Waals surface area contributed by atoms with Gasteiger partial charge in [-0.3, -0.25) is 18.6 Å². The Labute approximate surface area is 311 Å². The average Bonchev–Trinajstić information content (AvgIpc) is 3.06. The van der Waals surface area contributed by atoms with E-state index < -0.39 is 26.6 Å². The second-order valence-electron chi connectivity index (χ2n) is 14.3. The molecule has 0 spiro atoms. The summed E-state index contributed by atoms with van der Waals surface area (Å²) in [5, 5.41) is 13.6. The maximum Gasteiger partial charge on any atom is 0.472 e. The van der Waals surface area contributed by atoms with E-state index in [9.17, 15) is 24.2 Å². The summed E-state index contributed by atoms with van der Waals surface area (Å²) in [5.74, 6) is -0.462. The van der Waals surface area contributed by atoms with Crippen LogP contribution in [0, 0.1) is 0 Å². The summed E-state index contributed by atoms with van der Waals surface area (Å²) in [6.45, 7) is 4.54. The first-order valence-electron chi connectivity index (χ1n) is 19.6. The van der Waals surface area contributed by atoms with Crippen LogP contribution in [0.2, 0.25) is 0 Å². The molecule has 0 aliphatic heterocycles. The third kappa shape index (κ3) is 34.7. The Bertz CT molecular complexity index is 1080. The van der Waals surface area contributed by atoms with Gasteiger partial charge in [-0.2, -0.15) is 0 Å². The molecule has 0 radical (unpaired) electrons. The predicted octanol–water partition coefficient (Wildman–Crippen LogP) is 9.47. The molecule has 0 saturated carbocycles. The van der Waals surface area contributed by atoms with Gasteiger partial charge >= 0.3 is 7.82 Å². The van der Waals surface area contributed by atoms with Crippen LogP contribution >= 0.6 is 7.82 Å². The van der Waals surface area contributed by atoms with Crippen LogP contribution in [-0.4, -0.2) is 79.2 Å². The van der Waals surface area contributed by atoms with Gasteiger partial charge in [0, 0.05) is 12.8 Å². The number of nitrogens with one attached hydrogen (secondary N) is 1. The Morgan fingerprint density at radius 3 is 1.96 bits per heavy atom. The summed E-state index contributed by atoms with van der Waals surface area (Å²) in [6, 6.07) is -0.962. The van der Waals surface area contributed by atoms with Crippen molar-refractivity contribution in [1.29, 1.82) is 0 Å². The van der Waals surface area contributed by atoms with E-state index >= 15 is 0 Å². The van der Waals surface area contributed by atoms with Crippen molar-refractivity contribution in [2.45, 2.75) is 148 Å². The molecule has 3 atom stereocenters. The minimum Gasteiger partial charge on any atom is -0.387 e. The lowest BCUT2D eigenvalue weighted by atomic mass is 10.1. The van der Waals surface area contributed by atoms with Crippen molar-refractivity contribution >= 4 is 19.5 Å². The molecule has 0 aromatic heterocycles. The summed E-state index contributed by atoms with van der Waals surface area (Å²) in [4.78, 5) is 35.2. The van der Waals surface area contributed by atoms with E-state index in [-0.39, 0.29) is 31.1 Å². The highest BCUT2D eigenvalue weighted by Crippen LogP contribution is 2.43. The molecule has 1 amide bonds. The molecule has 0 saturated heterocycles. The average molecular weight is 738 g/mol. The first kappa shape index (κ1) is 48.9. The van der Waals surface area contributed by atoms with Crippen LogP contribution in [-0.2, 0) is 23.2 Å². The van der Waals surface area contributed by atoms with Crippen LogP contribution in [0.4, 0.5) is 0 Å². The van der Waals surface area contributed by atoms with Crippen LogP contribution in [0.5, 0.6) is 0 Å². The lowest BCUT2D eigenvalue weighted by molar-refractivity contribution is -0.870. The lowest BCUT2D eigenvalue weighted by Crippen LogP contribution is -2.45. The number of aliphatic hydroxyl groups excluding tert-OH is 1. The third-order valence-electron chi connectivity index (χ3n) is 8.21. The highest BCUT2D eigenvalue weighted by Gasteiger charge is 2.27. The van der Waals surface area contributed by atoms with Crippen LogP contribution in [0.3, 0.4) is 0 Å². The van der Waals surface area contributed by atoms with Crippen LogP contribution in [0.25, 0.3) is 0 Å². The van der Waals surface area contributed by atoms with Crippen molar-refractivity contribution in [3.63, 3.8) is 0 Å². The van der Waals surface area contributed by atoms with Gasteiger partial charge in [-0.15, -0.1) is 0 Å². The zero-order chi connectivity index (χ0) is 38.1. The largest absolute Gasteiger partial charge is 0.472 e. The Morgan fingerprint density at radius 1 is 0.725 bits per heavy atom. The molecule has 0 aliphatic rings. The number of nitrogens with zero attached hydrogens (tertiary/aromatic N) is 1. The normalized spacial score (nSPS) is 15.1. The van der Waals surface area contributed by atoms with Gasteiger partial charge in [0.05, 0.1) is 39.9 Å². The monoisotopic (exact) mass is 738 g/mol. The number of rotatable bonds is 34. The fourth-order valence-corrected chi connectivity index (χ4v) is 5.73. The van der Waals surface area contributed by atoms with E-state index in [0.29, 0.717) is 17.4 Å². The van der Waals surface area contributed by atoms with Crippen molar-refractivity contribution in [2.75, 3.05) is 40.9 Å². The van der Waals surface area contributed by atoms with Gasteiger partial charge in [0.2, 0.25) is 5.91 Å². The fourth-order valence-electron chi connectivity index (χ4n) is 4.99. The molecule has 0 rings (SSSR count). The molecule has 10 heteroatoms. The van der Waals surface area contributed by atoms with Crippen molar-refractivity contribution < 1.29 is 37.7 Å². The van der Waals surface area contributed by atoms with Gasteiger partial charge in [0.15, 0.2) is 5.78 Å². The van der Waals surface area contributed by atoms with Crippen molar-refractivity contribution in [2.24, 2.45) is 0 Å². The predicted molar refractivity (Wildman–Crippen MR) is 212 cm³/mol. The quantitative estimate of drug-likeness (QED) is 0.0150. The number of aliphatic hydroxyl groups is 1. The number of likely N-dealkylation sites (N-methyl/N-ethyl adjacent to an activating group) is 1. The second kappa shape index (κ2) is 32.5. The van der Waals surface area contributed by atoms with Crippen molar-refractivity contribution in [3.05, 3.63) is 60.8 Å². The van der Waals surface area contributed by atoms with Gasteiger partial charge in [-0.1, -0.05) is 133 Å². The maximum absolute atomic E-state index is 12.8. The highest BCUT2D eigenvalue weighted by molar-refractivity contribution is 7.47. The Kier molecular flexibility index (Phi) is 31.2. The molecular formula is C41H74N2O7P+. The number of carbonyl (C=O) groups excluding carboxylic acids is 2. The Morgan fingerprint density at radius 2 is 1.29 bits per heavy atom. The topological polar surface area (TPSA) is 122 Å². The van der Waals surface area contributed by atoms with Gasteiger partial charge in [0.25, 0.3) is 0 Å². The number of amides is 1.